The summed E-state index contributed by atoms with van der Waals surface area (Å²) < 4.78 is 11.6. The van der Waals surface area contributed by atoms with Gasteiger partial charge in [0, 0.05) is 10.6 Å². The smallest absolute Gasteiger partial charge is 0.252 e. The summed E-state index contributed by atoms with van der Waals surface area (Å²) in [6.45, 7) is 2.68. The molecule has 1 aliphatic rings. The van der Waals surface area contributed by atoms with Gasteiger partial charge in [0.05, 0.1) is 17.9 Å². The first-order chi connectivity index (χ1) is 15.6. The van der Waals surface area contributed by atoms with E-state index in [1.54, 1.807) is 6.07 Å². The molecule has 4 rings (SSSR count). The van der Waals surface area contributed by atoms with Crippen LogP contribution >= 0.6 is 11.8 Å². The van der Waals surface area contributed by atoms with Crippen molar-refractivity contribution >= 4 is 29.3 Å². The fourth-order valence-electron chi connectivity index (χ4n) is 3.22. The topological polar surface area (TPSA) is 76.7 Å². The lowest BCUT2D eigenvalue weighted by Crippen LogP contribution is -2.40. The number of fused-ring (bicyclic) bond motifs is 1. The zero-order valence-electron chi connectivity index (χ0n) is 17.7. The summed E-state index contributed by atoms with van der Waals surface area (Å²) in [5.41, 5.74) is 2.41. The normalized spacial score (nSPS) is 14.5. The van der Waals surface area contributed by atoms with Crippen molar-refractivity contribution < 1.29 is 19.1 Å². The number of carbonyl (C=O) groups excluding carboxylic acids is 2. The molecule has 0 aromatic heterocycles. The summed E-state index contributed by atoms with van der Waals surface area (Å²) in [5.74, 6) is 1.25. The number of carbonyl (C=O) groups is 2. The van der Waals surface area contributed by atoms with Crippen LogP contribution in [0, 0.1) is 6.92 Å². The molecule has 2 amide bonds. The molecule has 1 aliphatic heterocycles. The predicted octanol–water partition coefficient (Wildman–Crippen LogP) is 4.30. The van der Waals surface area contributed by atoms with E-state index in [4.69, 9.17) is 9.47 Å². The molecule has 1 heterocycles. The highest BCUT2D eigenvalue weighted by molar-refractivity contribution is 8.00. The number of aryl methyl sites for hydroxylation is 1. The van der Waals surface area contributed by atoms with Crippen molar-refractivity contribution in [2.75, 3.05) is 24.2 Å². The fourth-order valence-corrected chi connectivity index (χ4v) is 4.07. The molecule has 1 atom stereocenters. The minimum Gasteiger partial charge on any atom is -0.486 e. The Bertz CT molecular complexity index is 1100. The third-order valence-corrected chi connectivity index (χ3v) is 5.96. The van der Waals surface area contributed by atoms with Gasteiger partial charge >= 0.3 is 0 Å². The van der Waals surface area contributed by atoms with Crippen LogP contribution in [0.2, 0.25) is 0 Å². The van der Waals surface area contributed by atoms with Crippen LogP contribution < -0.4 is 20.1 Å². The van der Waals surface area contributed by atoms with Crippen LogP contribution in [-0.2, 0) is 4.79 Å². The van der Waals surface area contributed by atoms with Gasteiger partial charge < -0.3 is 20.1 Å². The molecule has 164 valence electrons. The first-order valence-electron chi connectivity index (χ1n) is 10.3. The number of rotatable bonds is 7. The van der Waals surface area contributed by atoms with Crippen molar-refractivity contribution in [3.8, 4) is 11.5 Å². The Morgan fingerprint density at radius 3 is 2.50 bits per heavy atom. The summed E-state index contributed by atoms with van der Waals surface area (Å²) in [7, 11) is 0. The van der Waals surface area contributed by atoms with E-state index in [2.05, 4.69) is 10.6 Å². The molecular weight excluding hydrogens is 424 g/mol. The third kappa shape index (κ3) is 5.62. The average Bonchev–Trinajstić information content (AvgIpc) is 2.82. The summed E-state index contributed by atoms with van der Waals surface area (Å²) >= 11 is 1.33. The van der Waals surface area contributed by atoms with Gasteiger partial charge in [-0.1, -0.05) is 42.0 Å². The second-order valence-electron chi connectivity index (χ2n) is 7.41. The van der Waals surface area contributed by atoms with E-state index in [0.29, 0.717) is 30.2 Å². The molecule has 1 unspecified atom stereocenters. The number of amides is 2. The maximum Gasteiger partial charge on any atom is 0.252 e. The number of benzene rings is 3. The number of nitrogens with one attached hydrogen (secondary N) is 2. The van der Waals surface area contributed by atoms with Gasteiger partial charge in [0.25, 0.3) is 5.91 Å². The lowest BCUT2D eigenvalue weighted by Gasteiger charge is -2.26. The number of anilines is 1. The molecule has 2 N–H and O–H groups in total. The maximum absolute atomic E-state index is 12.8. The molecule has 0 bridgehead atoms. The Balaban J connectivity index is 1.31. The minimum atomic E-state index is -0.269. The van der Waals surface area contributed by atoms with Gasteiger partial charge in [-0.05, 0) is 43.3 Å². The van der Waals surface area contributed by atoms with Crippen molar-refractivity contribution in [3.63, 3.8) is 0 Å². The van der Waals surface area contributed by atoms with Crippen molar-refractivity contribution in [1.29, 1.82) is 0 Å². The van der Waals surface area contributed by atoms with Gasteiger partial charge in [0.2, 0.25) is 5.91 Å². The molecular formula is C25H24N2O4S. The fraction of sp³-hybridized carbons (Fsp3) is 0.200. The van der Waals surface area contributed by atoms with Crippen LogP contribution in [0.25, 0.3) is 0 Å². The molecule has 3 aromatic rings. The molecule has 0 radical (unpaired) electrons. The standard InChI is InChI=1S/C25H24N2O4S/c1-17-10-12-18(13-11-17)27-24(28)16-32-23-9-5-2-6-20(23)25(29)26-14-19-15-30-21-7-3-4-8-22(21)31-19/h2-13,19H,14-16H2,1H3,(H,26,29)(H,27,28). The van der Waals surface area contributed by atoms with Crippen molar-refractivity contribution in [3.05, 3.63) is 83.9 Å². The monoisotopic (exact) mass is 448 g/mol. The summed E-state index contributed by atoms with van der Waals surface area (Å²) in [4.78, 5) is 25.9. The Kier molecular flexibility index (Phi) is 6.97. The van der Waals surface area contributed by atoms with Gasteiger partial charge in [-0.15, -0.1) is 11.8 Å². The largest absolute Gasteiger partial charge is 0.486 e. The SMILES string of the molecule is Cc1ccc(NC(=O)CSc2ccccc2C(=O)NCC2COc3ccccc3O2)cc1. The number of hydrogen-bond acceptors (Lipinski definition) is 5. The second kappa shape index (κ2) is 10.2. The number of ether oxygens (including phenoxy) is 2. The first-order valence-corrected chi connectivity index (χ1v) is 11.3. The van der Waals surface area contributed by atoms with E-state index in [-0.39, 0.29) is 23.7 Å². The number of hydrogen-bond donors (Lipinski definition) is 2. The highest BCUT2D eigenvalue weighted by Gasteiger charge is 2.22. The van der Waals surface area contributed by atoms with Crippen LogP contribution in [0.3, 0.4) is 0 Å². The zero-order chi connectivity index (χ0) is 22.3. The highest BCUT2D eigenvalue weighted by atomic mass is 32.2. The van der Waals surface area contributed by atoms with Gasteiger partial charge in [0.15, 0.2) is 11.5 Å². The van der Waals surface area contributed by atoms with Crippen molar-refractivity contribution in [1.82, 2.24) is 5.32 Å². The molecule has 0 spiro atoms. The van der Waals surface area contributed by atoms with E-state index in [1.807, 2.05) is 73.7 Å². The quantitative estimate of drug-likeness (QED) is 0.527. The van der Waals surface area contributed by atoms with E-state index in [1.165, 1.54) is 11.8 Å². The average molecular weight is 449 g/mol. The molecule has 0 aliphatic carbocycles. The van der Waals surface area contributed by atoms with Gasteiger partial charge in [-0.2, -0.15) is 0 Å². The summed E-state index contributed by atoms with van der Waals surface area (Å²) in [6.07, 6.45) is -0.269. The van der Waals surface area contributed by atoms with Gasteiger partial charge in [-0.25, -0.2) is 0 Å². The van der Waals surface area contributed by atoms with Crippen LogP contribution in [0.15, 0.2) is 77.7 Å². The lowest BCUT2D eigenvalue weighted by atomic mass is 10.2. The van der Waals surface area contributed by atoms with E-state index in [0.717, 1.165) is 16.1 Å². The second-order valence-corrected chi connectivity index (χ2v) is 8.42. The van der Waals surface area contributed by atoms with Crippen LogP contribution in [0.5, 0.6) is 11.5 Å². The Hall–Kier alpha value is -3.45. The first kappa shape index (κ1) is 21.8. The summed E-state index contributed by atoms with van der Waals surface area (Å²) in [6, 6.07) is 22.4. The molecule has 0 fully saturated rings. The molecule has 6 nitrogen and oxygen atoms in total. The Labute approximate surface area is 191 Å². The number of thioether (sulfide) groups is 1. The van der Waals surface area contributed by atoms with E-state index >= 15 is 0 Å². The minimum absolute atomic E-state index is 0.125. The van der Waals surface area contributed by atoms with Crippen molar-refractivity contribution in [2.24, 2.45) is 0 Å². The molecule has 0 saturated carbocycles. The van der Waals surface area contributed by atoms with Crippen molar-refractivity contribution in [2.45, 2.75) is 17.9 Å². The summed E-state index contributed by atoms with van der Waals surface area (Å²) in [5, 5.41) is 5.79. The Morgan fingerprint density at radius 2 is 1.69 bits per heavy atom. The van der Waals surface area contributed by atoms with Crippen LogP contribution in [0.1, 0.15) is 15.9 Å². The van der Waals surface area contributed by atoms with E-state index in [9.17, 15) is 9.59 Å². The number of para-hydroxylation sites is 2. The molecule has 7 heteroatoms. The van der Waals surface area contributed by atoms with Crippen LogP contribution in [0.4, 0.5) is 5.69 Å². The zero-order valence-corrected chi connectivity index (χ0v) is 18.5. The highest BCUT2D eigenvalue weighted by Crippen LogP contribution is 2.30. The third-order valence-electron chi connectivity index (χ3n) is 4.88. The van der Waals surface area contributed by atoms with Gasteiger partial charge in [0.1, 0.15) is 12.7 Å². The molecule has 3 aromatic carbocycles. The van der Waals surface area contributed by atoms with E-state index < -0.39 is 0 Å². The predicted molar refractivity (Wildman–Crippen MR) is 126 cm³/mol. The molecule has 0 saturated heterocycles. The van der Waals surface area contributed by atoms with Crippen LogP contribution in [-0.4, -0.2) is 36.8 Å². The maximum atomic E-state index is 12.8. The lowest BCUT2D eigenvalue weighted by molar-refractivity contribution is -0.113. The molecule has 32 heavy (non-hydrogen) atoms. The Morgan fingerprint density at radius 1 is 0.969 bits per heavy atom. The van der Waals surface area contributed by atoms with Gasteiger partial charge in [-0.3, -0.25) is 9.59 Å².